The molecule has 15 heavy (non-hydrogen) atoms. The van der Waals surface area contributed by atoms with Gasteiger partial charge in [0, 0.05) is 12.8 Å². The Morgan fingerprint density at radius 3 is 2.40 bits per heavy atom. The molecule has 0 spiro atoms. The zero-order valence-electron chi connectivity index (χ0n) is 9.46. The van der Waals surface area contributed by atoms with Gasteiger partial charge >= 0.3 is 5.97 Å². The van der Waals surface area contributed by atoms with Crippen LogP contribution in [-0.4, -0.2) is 13.1 Å². The van der Waals surface area contributed by atoms with Crippen LogP contribution in [0.25, 0.3) is 0 Å². The van der Waals surface area contributed by atoms with Gasteiger partial charge in [0.1, 0.15) is 12.0 Å². The summed E-state index contributed by atoms with van der Waals surface area (Å²) in [6.45, 7) is 0. The monoisotopic (exact) mass is 212 g/mol. The predicted molar refractivity (Wildman–Crippen MR) is 58.1 cm³/mol. The minimum absolute atomic E-state index is 0.0900. The van der Waals surface area contributed by atoms with Crippen LogP contribution in [0.3, 0.4) is 0 Å². The fraction of sp³-hybridized carbons (Fsp3) is 0.750. The van der Waals surface area contributed by atoms with Crippen molar-refractivity contribution < 1.29 is 14.3 Å². The molecule has 0 aromatic rings. The molecule has 0 fully saturated rings. The van der Waals surface area contributed by atoms with Gasteiger partial charge in [-0.15, -0.1) is 0 Å². The van der Waals surface area contributed by atoms with Crippen molar-refractivity contribution in [3.63, 3.8) is 0 Å². The summed E-state index contributed by atoms with van der Waals surface area (Å²) in [5.41, 5.74) is 0. The molecule has 1 rings (SSSR count). The van der Waals surface area contributed by atoms with Crippen molar-refractivity contribution in [2.24, 2.45) is 0 Å². The Morgan fingerprint density at radius 1 is 1.20 bits per heavy atom. The SMILES string of the molecule is COC(=O)CCCCCCCCC1=CO1. The van der Waals surface area contributed by atoms with Crippen molar-refractivity contribution in [2.75, 3.05) is 7.11 Å². The highest BCUT2D eigenvalue weighted by Crippen LogP contribution is 2.21. The summed E-state index contributed by atoms with van der Waals surface area (Å²) in [6.07, 6.45) is 10.5. The Balaban J connectivity index is 1.72. The van der Waals surface area contributed by atoms with E-state index in [9.17, 15) is 4.79 Å². The average Bonchev–Trinajstić information content (AvgIpc) is 3.05. The smallest absolute Gasteiger partial charge is 0.305 e. The molecule has 0 atom stereocenters. The number of carbonyl (C=O) groups is 1. The second-order valence-corrected chi connectivity index (χ2v) is 3.90. The van der Waals surface area contributed by atoms with Crippen LogP contribution in [0.4, 0.5) is 0 Å². The van der Waals surface area contributed by atoms with Gasteiger partial charge in [0.05, 0.1) is 7.11 Å². The highest BCUT2D eigenvalue weighted by Gasteiger charge is 2.07. The van der Waals surface area contributed by atoms with Crippen LogP contribution >= 0.6 is 0 Å². The van der Waals surface area contributed by atoms with Crippen LogP contribution in [0.1, 0.15) is 51.4 Å². The average molecular weight is 212 g/mol. The predicted octanol–water partition coefficient (Wildman–Crippen LogP) is 3.15. The lowest BCUT2D eigenvalue weighted by molar-refractivity contribution is -0.140. The molecule has 0 radical (unpaired) electrons. The molecule has 0 bridgehead atoms. The van der Waals surface area contributed by atoms with Crippen molar-refractivity contribution in [3.05, 3.63) is 12.0 Å². The van der Waals surface area contributed by atoms with Gasteiger partial charge < -0.3 is 9.47 Å². The summed E-state index contributed by atoms with van der Waals surface area (Å²) < 4.78 is 9.50. The number of ether oxygens (including phenoxy) is 2. The molecule has 0 aromatic carbocycles. The zero-order chi connectivity index (χ0) is 10.9. The summed E-state index contributed by atoms with van der Waals surface area (Å²) >= 11 is 0. The van der Waals surface area contributed by atoms with Crippen molar-refractivity contribution in [2.45, 2.75) is 51.4 Å². The number of unbranched alkanes of at least 4 members (excludes halogenated alkanes) is 5. The molecular formula is C12H20O3. The largest absolute Gasteiger partial charge is 0.469 e. The molecule has 1 aliphatic heterocycles. The molecule has 0 aromatic heterocycles. The van der Waals surface area contributed by atoms with E-state index in [1.807, 2.05) is 6.26 Å². The van der Waals surface area contributed by atoms with Crippen LogP contribution in [-0.2, 0) is 14.3 Å². The second-order valence-electron chi connectivity index (χ2n) is 3.90. The van der Waals surface area contributed by atoms with Gasteiger partial charge in [-0.05, 0) is 12.8 Å². The standard InChI is InChI=1S/C12H20O3/c1-14-12(13)9-7-5-3-2-4-6-8-11-10-15-11/h10H,2-9H2,1H3. The normalized spacial score (nSPS) is 13.0. The van der Waals surface area contributed by atoms with E-state index in [0.717, 1.165) is 25.0 Å². The maximum atomic E-state index is 10.8. The molecular weight excluding hydrogens is 192 g/mol. The summed E-state index contributed by atoms with van der Waals surface area (Å²) in [5, 5.41) is 0. The first-order valence-electron chi connectivity index (χ1n) is 5.75. The van der Waals surface area contributed by atoms with E-state index in [4.69, 9.17) is 4.74 Å². The summed E-state index contributed by atoms with van der Waals surface area (Å²) in [4.78, 5) is 10.8. The van der Waals surface area contributed by atoms with Crippen molar-refractivity contribution >= 4 is 5.97 Å². The van der Waals surface area contributed by atoms with Crippen LogP contribution in [0, 0.1) is 0 Å². The van der Waals surface area contributed by atoms with Crippen LogP contribution in [0.2, 0.25) is 0 Å². The van der Waals surface area contributed by atoms with Crippen molar-refractivity contribution in [1.82, 2.24) is 0 Å². The second kappa shape index (κ2) is 7.32. The third-order valence-electron chi connectivity index (χ3n) is 2.57. The number of methoxy groups -OCH3 is 1. The maximum absolute atomic E-state index is 10.8. The van der Waals surface area contributed by atoms with Crippen molar-refractivity contribution in [1.29, 1.82) is 0 Å². The lowest BCUT2D eigenvalue weighted by Gasteiger charge is -2.00. The first-order valence-corrected chi connectivity index (χ1v) is 5.75. The van der Waals surface area contributed by atoms with E-state index in [0.29, 0.717) is 6.42 Å². The Morgan fingerprint density at radius 2 is 1.80 bits per heavy atom. The fourth-order valence-corrected chi connectivity index (χ4v) is 1.54. The van der Waals surface area contributed by atoms with Gasteiger partial charge in [0.15, 0.2) is 0 Å². The van der Waals surface area contributed by atoms with Gasteiger partial charge in [0.2, 0.25) is 0 Å². The molecule has 0 saturated heterocycles. The zero-order valence-corrected chi connectivity index (χ0v) is 9.46. The number of rotatable bonds is 9. The van der Waals surface area contributed by atoms with Gasteiger partial charge in [-0.3, -0.25) is 4.79 Å². The molecule has 86 valence electrons. The molecule has 3 heteroatoms. The summed E-state index contributed by atoms with van der Waals surface area (Å²) in [7, 11) is 1.44. The summed E-state index contributed by atoms with van der Waals surface area (Å²) in [5.74, 6) is 1.06. The molecule has 0 unspecified atom stereocenters. The lowest BCUT2D eigenvalue weighted by atomic mass is 10.1. The highest BCUT2D eigenvalue weighted by atomic mass is 16.5. The molecule has 0 N–H and O–H groups in total. The number of hydrogen-bond acceptors (Lipinski definition) is 3. The van der Waals surface area contributed by atoms with E-state index in [2.05, 4.69) is 4.74 Å². The Labute approximate surface area is 91.4 Å². The molecule has 0 saturated carbocycles. The third-order valence-corrected chi connectivity index (χ3v) is 2.57. The fourth-order valence-electron chi connectivity index (χ4n) is 1.54. The van der Waals surface area contributed by atoms with Crippen LogP contribution in [0.15, 0.2) is 12.0 Å². The molecule has 1 aliphatic rings. The lowest BCUT2D eigenvalue weighted by Crippen LogP contribution is -1.99. The van der Waals surface area contributed by atoms with Gasteiger partial charge in [0.25, 0.3) is 0 Å². The van der Waals surface area contributed by atoms with Gasteiger partial charge in [-0.1, -0.05) is 25.7 Å². The minimum atomic E-state index is -0.0900. The first-order chi connectivity index (χ1) is 7.33. The highest BCUT2D eigenvalue weighted by molar-refractivity contribution is 5.68. The van der Waals surface area contributed by atoms with Crippen LogP contribution in [0.5, 0.6) is 0 Å². The van der Waals surface area contributed by atoms with E-state index >= 15 is 0 Å². The number of allylic oxidation sites excluding steroid dienone is 1. The molecule has 0 aliphatic carbocycles. The third kappa shape index (κ3) is 7.00. The van der Waals surface area contributed by atoms with E-state index in [-0.39, 0.29) is 5.97 Å². The van der Waals surface area contributed by atoms with Gasteiger partial charge in [-0.25, -0.2) is 0 Å². The molecule has 1 heterocycles. The molecule has 3 nitrogen and oxygen atoms in total. The van der Waals surface area contributed by atoms with Crippen molar-refractivity contribution in [3.8, 4) is 0 Å². The quantitative estimate of drug-likeness (QED) is 0.435. The van der Waals surface area contributed by atoms with Crippen LogP contribution < -0.4 is 0 Å². The van der Waals surface area contributed by atoms with E-state index in [1.165, 1.54) is 32.8 Å². The maximum Gasteiger partial charge on any atom is 0.305 e. The number of esters is 1. The van der Waals surface area contributed by atoms with E-state index in [1.54, 1.807) is 0 Å². The first kappa shape index (κ1) is 12.1. The molecule has 0 amide bonds. The number of hydrogen-bond donors (Lipinski definition) is 0. The topological polar surface area (TPSA) is 38.8 Å². The Kier molecular flexibility index (Phi) is 5.90. The van der Waals surface area contributed by atoms with E-state index < -0.39 is 0 Å². The Hall–Kier alpha value is -0.990. The Bertz CT molecular complexity index is 221. The summed E-state index contributed by atoms with van der Waals surface area (Å²) in [6, 6.07) is 0. The number of carbonyl (C=O) groups excluding carboxylic acids is 1. The van der Waals surface area contributed by atoms with Gasteiger partial charge in [-0.2, -0.15) is 0 Å². The minimum Gasteiger partial charge on any atom is -0.469 e.